The molecule has 0 radical (unpaired) electrons. The number of carbonyl (C=O) groups is 2. The van der Waals surface area contributed by atoms with Crippen molar-refractivity contribution in [3.63, 3.8) is 0 Å². The molecule has 0 saturated heterocycles. The van der Waals surface area contributed by atoms with E-state index < -0.39 is 0 Å². The monoisotopic (exact) mass is 298 g/mol. The highest BCUT2D eigenvalue weighted by Crippen LogP contribution is 2.15. The Balaban J connectivity index is 1.75. The van der Waals surface area contributed by atoms with E-state index in [0.717, 1.165) is 12.8 Å². The van der Waals surface area contributed by atoms with Gasteiger partial charge in [0.2, 0.25) is 11.8 Å². The molecule has 0 heterocycles. The molecule has 0 aromatic heterocycles. The Hall–Kier alpha value is -2.36. The molecule has 4 heteroatoms. The predicted octanol–water partition coefficient (Wildman–Crippen LogP) is 2.41. The lowest BCUT2D eigenvalue weighted by Crippen LogP contribution is -2.37. The lowest BCUT2D eigenvalue weighted by molar-refractivity contribution is -0.126. The minimum atomic E-state index is -0.148. The molecule has 0 spiro atoms. The van der Waals surface area contributed by atoms with Crippen LogP contribution in [0, 0.1) is 0 Å². The Bertz CT molecular complexity index is 652. The summed E-state index contributed by atoms with van der Waals surface area (Å²) in [5.74, 6) is -0.225. The molecule has 2 amide bonds. The molecular formula is C18H22N2O2. The van der Waals surface area contributed by atoms with Crippen molar-refractivity contribution in [3.8, 4) is 0 Å². The summed E-state index contributed by atoms with van der Waals surface area (Å²) in [5, 5.41) is 7.85. The van der Waals surface area contributed by atoms with E-state index >= 15 is 0 Å². The van der Waals surface area contributed by atoms with Crippen LogP contribution in [-0.2, 0) is 16.0 Å². The third-order valence-corrected chi connectivity index (χ3v) is 3.47. The molecule has 0 aliphatic rings. The van der Waals surface area contributed by atoms with Crippen molar-refractivity contribution < 1.29 is 9.59 Å². The first-order valence-corrected chi connectivity index (χ1v) is 7.70. The van der Waals surface area contributed by atoms with Crippen LogP contribution >= 0.6 is 0 Å². The first-order valence-electron chi connectivity index (χ1n) is 7.70. The second-order valence-corrected chi connectivity index (χ2v) is 5.31. The number of carbonyl (C=O) groups excluding carboxylic acids is 2. The second kappa shape index (κ2) is 8.17. The van der Waals surface area contributed by atoms with Gasteiger partial charge in [0, 0.05) is 13.0 Å². The Kier molecular flexibility index (Phi) is 5.95. The van der Waals surface area contributed by atoms with E-state index in [2.05, 4.69) is 41.0 Å². The lowest BCUT2D eigenvalue weighted by atomic mass is 10.1. The van der Waals surface area contributed by atoms with Gasteiger partial charge in [0.15, 0.2) is 0 Å². The van der Waals surface area contributed by atoms with E-state index in [1.165, 1.54) is 16.3 Å². The van der Waals surface area contributed by atoms with Gasteiger partial charge >= 0.3 is 0 Å². The van der Waals surface area contributed by atoms with Crippen LogP contribution in [0.4, 0.5) is 0 Å². The quantitative estimate of drug-likeness (QED) is 0.824. The normalized spacial score (nSPS) is 10.4. The van der Waals surface area contributed by atoms with E-state index in [4.69, 9.17) is 0 Å². The highest BCUT2D eigenvalue weighted by molar-refractivity contribution is 5.85. The maximum Gasteiger partial charge on any atom is 0.239 e. The molecule has 2 aromatic carbocycles. The third kappa shape index (κ3) is 4.88. The van der Waals surface area contributed by atoms with Gasteiger partial charge in [-0.1, -0.05) is 49.4 Å². The fourth-order valence-electron chi connectivity index (χ4n) is 2.30. The molecule has 0 bridgehead atoms. The summed E-state index contributed by atoms with van der Waals surface area (Å²) in [4.78, 5) is 22.9. The van der Waals surface area contributed by atoms with Gasteiger partial charge in [-0.05, 0) is 29.2 Å². The molecule has 116 valence electrons. The van der Waals surface area contributed by atoms with Crippen molar-refractivity contribution in [2.45, 2.75) is 26.2 Å². The maximum atomic E-state index is 11.6. The Morgan fingerprint density at radius 3 is 2.50 bits per heavy atom. The van der Waals surface area contributed by atoms with Crippen LogP contribution in [0.1, 0.15) is 25.3 Å². The smallest absolute Gasteiger partial charge is 0.239 e. The average Bonchev–Trinajstić information content (AvgIpc) is 2.53. The topological polar surface area (TPSA) is 58.2 Å². The Labute approximate surface area is 130 Å². The molecule has 0 fully saturated rings. The highest BCUT2D eigenvalue weighted by Gasteiger charge is 2.04. The van der Waals surface area contributed by atoms with Crippen LogP contribution in [0.5, 0.6) is 0 Å². The van der Waals surface area contributed by atoms with Gasteiger partial charge in [-0.2, -0.15) is 0 Å². The maximum absolute atomic E-state index is 11.6. The van der Waals surface area contributed by atoms with Gasteiger partial charge < -0.3 is 10.6 Å². The zero-order valence-electron chi connectivity index (χ0n) is 12.9. The van der Waals surface area contributed by atoms with E-state index in [0.29, 0.717) is 13.0 Å². The SMILES string of the molecule is CCCC(=O)NCC(=O)NCCc1ccc2ccccc2c1. The molecule has 0 aliphatic carbocycles. The Morgan fingerprint density at radius 1 is 0.955 bits per heavy atom. The third-order valence-electron chi connectivity index (χ3n) is 3.47. The summed E-state index contributed by atoms with van der Waals surface area (Å²) in [7, 11) is 0. The van der Waals surface area contributed by atoms with E-state index in [9.17, 15) is 9.59 Å². The van der Waals surface area contributed by atoms with Crippen molar-refractivity contribution >= 4 is 22.6 Å². The summed E-state index contributed by atoms with van der Waals surface area (Å²) in [6, 6.07) is 14.5. The van der Waals surface area contributed by atoms with Gasteiger partial charge in [-0.3, -0.25) is 9.59 Å². The van der Waals surface area contributed by atoms with E-state index in [1.54, 1.807) is 0 Å². The fraction of sp³-hybridized carbons (Fsp3) is 0.333. The minimum Gasteiger partial charge on any atom is -0.354 e. The molecule has 2 N–H and O–H groups in total. The van der Waals surface area contributed by atoms with Gasteiger partial charge in [0.25, 0.3) is 0 Å². The number of fused-ring (bicyclic) bond motifs is 1. The molecule has 2 rings (SSSR count). The largest absolute Gasteiger partial charge is 0.354 e. The molecule has 0 aliphatic heterocycles. The van der Waals surface area contributed by atoms with Crippen LogP contribution in [0.25, 0.3) is 10.8 Å². The van der Waals surface area contributed by atoms with Crippen molar-refractivity contribution in [1.29, 1.82) is 0 Å². The van der Waals surface area contributed by atoms with Crippen LogP contribution in [0.2, 0.25) is 0 Å². The molecule has 0 saturated carbocycles. The van der Waals surface area contributed by atoms with Crippen LogP contribution in [-0.4, -0.2) is 24.9 Å². The Morgan fingerprint density at radius 2 is 1.73 bits per heavy atom. The van der Waals surface area contributed by atoms with Gasteiger partial charge in [0.05, 0.1) is 6.54 Å². The molecule has 4 nitrogen and oxygen atoms in total. The number of amides is 2. The molecule has 2 aromatic rings. The standard InChI is InChI=1S/C18H22N2O2/c1-2-5-17(21)20-13-18(22)19-11-10-14-8-9-15-6-3-4-7-16(15)12-14/h3-4,6-9,12H,2,5,10-11,13H2,1H3,(H,19,22)(H,20,21). The number of hydrogen-bond donors (Lipinski definition) is 2. The average molecular weight is 298 g/mol. The van der Waals surface area contributed by atoms with Crippen molar-refractivity contribution in [2.24, 2.45) is 0 Å². The van der Waals surface area contributed by atoms with E-state index in [1.807, 2.05) is 19.1 Å². The lowest BCUT2D eigenvalue weighted by Gasteiger charge is -2.07. The summed E-state index contributed by atoms with van der Waals surface area (Å²) < 4.78 is 0. The predicted molar refractivity (Wildman–Crippen MR) is 88.6 cm³/mol. The summed E-state index contributed by atoms with van der Waals surface area (Å²) >= 11 is 0. The number of benzene rings is 2. The summed E-state index contributed by atoms with van der Waals surface area (Å²) in [6.45, 7) is 2.56. The van der Waals surface area contributed by atoms with Gasteiger partial charge in [0.1, 0.15) is 0 Å². The summed E-state index contributed by atoms with van der Waals surface area (Å²) in [6.07, 6.45) is 2.03. The zero-order chi connectivity index (χ0) is 15.8. The number of nitrogens with one attached hydrogen (secondary N) is 2. The fourth-order valence-corrected chi connectivity index (χ4v) is 2.30. The summed E-state index contributed by atoms with van der Waals surface area (Å²) in [5.41, 5.74) is 1.19. The molecule has 22 heavy (non-hydrogen) atoms. The number of rotatable bonds is 7. The number of hydrogen-bond acceptors (Lipinski definition) is 2. The molecule has 0 atom stereocenters. The van der Waals surface area contributed by atoms with Gasteiger partial charge in [-0.15, -0.1) is 0 Å². The van der Waals surface area contributed by atoms with Crippen molar-refractivity contribution in [1.82, 2.24) is 10.6 Å². The van der Waals surface area contributed by atoms with Crippen molar-refractivity contribution in [2.75, 3.05) is 13.1 Å². The molecular weight excluding hydrogens is 276 g/mol. The van der Waals surface area contributed by atoms with Crippen LogP contribution in [0.3, 0.4) is 0 Å². The van der Waals surface area contributed by atoms with E-state index in [-0.39, 0.29) is 18.4 Å². The van der Waals surface area contributed by atoms with Crippen LogP contribution < -0.4 is 10.6 Å². The van der Waals surface area contributed by atoms with Crippen LogP contribution in [0.15, 0.2) is 42.5 Å². The highest BCUT2D eigenvalue weighted by atomic mass is 16.2. The van der Waals surface area contributed by atoms with Gasteiger partial charge in [-0.25, -0.2) is 0 Å². The second-order valence-electron chi connectivity index (χ2n) is 5.31. The first kappa shape index (κ1) is 16.0. The first-order chi connectivity index (χ1) is 10.7. The minimum absolute atomic E-state index is 0.0521. The van der Waals surface area contributed by atoms with Crippen molar-refractivity contribution in [3.05, 3.63) is 48.0 Å². The molecule has 0 unspecified atom stereocenters. The zero-order valence-corrected chi connectivity index (χ0v) is 12.9.